The van der Waals surface area contributed by atoms with Gasteiger partial charge in [0.25, 0.3) is 0 Å². The lowest BCUT2D eigenvalue weighted by Gasteiger charge is -2.11. The Bertz CT molecular complexity index is 423. The summed E-state index contributed by atoms with van der Waals surface area (Å²) in [5.41, 5.74) is 1.11. The number of aromatic nitrogens is 1. The molecule has 0 unspecified atom stereocenters. The third-order valence-electron chi connectivity index (χ3n) is 2.96. The Morgan fingerprint density at radius 1 is 1.24 bits per heavy atom. The van der Waals surface area contributed by atoms with Gasteiger partial charge < -0.3 is 15.4 Å². The van der Waals surface area contributed by atoms with Gasteiger partial charge in [0.2, 0.25) is 0 Å². The van der Waals surface area contributed by atoms with Crippen molar-refractivity contribution in [3.8, 4) is 0 Å². The van der Waals surface area contributed by atoms with Crippen LogP contribution in [0.2, 0.25) is 0 Å². The van der Waals surface area contributed by atoms with Crippen LogP contribution in [-0.4, -0.2) is 38.3 Å². The van der Waals surface area contributed by atoms with Crippen molar-refractivity contribution in [1.29, 1.82) is 0 Å². The number of rotatable bonds is 8. The van der Waals surface area contributed by atoms with Gasteiger partial charge >= 0.3 is 0 Å². The summed E-state index contributed by atoms with van der Waals surface area (Å²) in [6.45, 7) is 6.64. The number of nitrogens with one attached hydrogen (secondary N) is 2. The number of thiazole rings is 1. The highest BCUT2D eigenvalue weighted by Crippen LogP contribution is 2.16. The van der Waals surface area contributed by atoms with E-state index in [-0.39, 0.29) is 24.0 Å². The van der Waals surface area contributed by atoms with Gasteiger partial charge in [0, 0.05) is 32.2 Å². The maximum Gasteiger partial charge on any atom is 0.191 e. The molecule has 0 saturated heterocycles. The number of aliphatic imine (C=N–C) groups is 1. The fraction of sp³-hybridized carbons (Fsp3) is 0.714. The molecule has 0 saturated carbocycles. The van der Waals surface area contributed by atoms with Crippen molar-refractivity contribution in [2.24, 2.45) is 4.99 Å². The number of aryl methyl sites for hydroxylation is 2. The molecular formula is C14H27IN4OS. The molecule has 1 rings (SSSR count). The van der Waals surface area contributed by atoms with Gasteiger partial charge in [-0.25, -0.2) is 4.98 Å². The fourth-order valence-electron chi connectivity index (χ4n) is 1.88. The second-order valence-electron chi connectivity index (χ2n) is 4.65. The molecule has 0 aliphatic rings. The predicted molar refractivity (Wildman–Crippen MR) is 101 cm³/mol. The lowest BCUT2D eigenvalue weighted by molar-refractivity contribution is 0.192. The molecule has 1 aromatic heterocycles. The smallest absolute Gasteiger partial charge is 0.191 e. The van der Waals surface area contributed by atoms with Gasteiger partial charge in [0.15, 0.2) is 5.96 Å². The predicted octanol–water partition coefficient (Wildman–Crippen LogP) is 2.86. The Balaban J connectivity index is 0.00000400. The lowest BCUT2D eigenvalue weighted by atomic mass is 10.2. The van der Waals surface area contributed by atoms with Crippen molar-refractivity contribution in [3.63, 3.8) is 0 Å². The summed E-state index contributed by atoms with van der Waals surface area (Å²) in [7, 11) is 3.54. The van der Waals surface area contributed by atoms with E-state index in [1.165, 1.54) is 11.3 Å². The third kappa shape index (κ3) is 8.57. The summed E-state index contributed by atoms with van der Waals surface area (Å²) < 4.78 is 5.03. The average molecular weight is 426 g/mol. The minimum absolute atomic E-state index is 0. The van der Waals surface area contributed by atoms with E-state index in [1.807, 2.05) is 13.8 Å². The van der Waals surface area contributed by atoms with Gasteiger partial charge in [-0.3, -0.25) is 4.99 Å². The number of unbranched alkanes of at least 4 members (excludes halogenated alkanes) is 2. The molecule has 0 atom stereocenters. The highest BCUT2D eigenvalue weighted by Gasteiger charge is 2.05. The number of halogens is 1. The quantitative estimate of drug-likeness (QED) is 0.291. The van der Waals surface area contributed by atoms with Crippen molar-refractivity contribution in [1.82, 2.24) is 15.6 Å². The topological polar surface area (TPSA) is 58.5 Å². The van der Waals surface area contributed by atoms with E-state index in [1.54, 1.807) is 25.5 Å². The number of nitrogens with zero attached hydrogens (tertiary/aromatic N) is 2. The number of hydrogen-bond acceptors (Lipinski definition) is 4. The average Bonchev–Trinajstić information content (AvgIpc) is 2.75. The molecule has 2 N–H and O–H groups in total. The van der Waals surface area contributed by atoms with Crippen molar-refractivity contribution in [3.05, 3.63) is 15.6 Å². The van der Waals surface area contributed by atoms with E-state index in [0.717, 1.165) is 49.2 Å². The van der Waals surface area contributed by atoms with E-state index in [4.69, 9.17) is 4.74 Å². The van der Waals surface area contributed by atoms with Crippen LogP contribution in [0.1, 0.15) is 34.8 Å². The van der Waals surface area contributed by atoms with E-state index in [2.05, 4.69) is 20.6 Å². The lowest BCUT2D eigenvalue weighted by Crippen LogP contribution is -2.37. The van der Waals surface area contributed by atoms with Gasteiger partial charge in [-0.05, 0) is 33.1 Å². The first kappa shape index (κ1) is 20.6. The van der Waals surface area contributed by atoms with Gasteiger partial charge in [-0.1, -0.05) is 0 Å². The SMILES string of the molecule is CN=C(NCCCCCOC)NCc1sc(C)nc1C.I. The van der Waals surface area contributed by atoms with Gasteiger partial charge in [-0.2, -0.15) is 0 Å². The molecule has 122 valence electrons. The molecular weight excluding hydrogens is 399 g/mol. The molecule has 1 heterocycles. The normalized spacial score (nSPS) is 11.1. The Morgan fingerprint density at radius 2 is 2.00 bits per heavy atom. The van der Waals surface area contributed by atoms with Crippen molar-refractivity contribution in [2.45, 2.75) is 39.7 Å². The first-order valence-electron chi connectivity index (χ1n) is 7.03. The minimum atomic E-state index is 0. The fourth-order valence-corrected chi connectivity index (χ4v) is 2.75. The van der Waals surface area contributed by atoms with Crippen LogP contribution in [0, 0.1) is 13.8 Å². The van der Waals surface area contributed by atoms with Crippen LogP contribution in [0.15, 0.2) is 4.99 Å². The Kier molecular flexibility index (Phi) is 11.9. The number of hydrogen-bond donors (Lipinski definition) is 2. The van der Waals surface area contributed by atoms with Crippen LogP contribution >= 0.6 is 35.3 Å². The molecule has 0 aromatic carbocycles. The van der Waals surface area contributed by atoms with Crippen LogP contribution < -0.4 is 10.6 Å². The summed E-state index contributed by atoms with van der Waals surface area (Å²) in [6, 6.07) is 0. The summed E-state index contributed by atoms with van der Waals surface area (Å²) in [6.07, 6.45) is 3.41. The molecule has 0 fully saturated rings. The molecule has 0 amide bonds. The van der Waals surface area contributed by atoms with E-state index in [0.29, 0.717) is 0 Å². The molecule has 5 nitrogen and oxygen atoms in total. The minimum Gasteiger partial charge on any atom is -0.385 e. The van der Waals surface area contributed by atoms with E-state index >= 15 is 0 Å². The zero-order valence-corrected chi connectivity index (χ0v) is 16.5. The molecule has 0 aliphatic heterocycles. The Hall–Kier alpha value is -0.410. The highest BCUT2D eigenvalue weighted by molar-refractivity contribution is 14.0. The number of methoxy groups -OCH3 is 1. The van der Waals surface area contributed by atoms with Crippen LogP contribution in [0.3, 0.4) is 0 Å². The zero-order chi connectivity index (χ0) is 14.8. The van der Waals surface area contributed by atoms with E-state index < -0.39 is 0 Å². The standard InChI is InChI=1S/C14H26N4OS.HI/c1-11-13(20-12(2)18-11)10-17-14(15-3)16-8-6-5-7-9-19-4;/h5-10H2,1-4H3,(H2,15,16,17);1H. The largest absolute Gasteiger partial charge is 0.385 e. The first-order chi connectivity index (χ1) is 9.67. The highest BCUT2D eigenvalue weighted by atomic mass is 127. The zero-order valence-electron chi connectivity index (χ0n) is 13.4. The van der Waals surface area contributed by atoms with Gasteiger partial charge in [0.05, 0.1) is 17.2 Å². The van der Waals surface area contributed by atoms with Crippen LogP contribution in [-0.2, 0) is 11.3 Å². The summed E-state index contributed by atoms with van der Waals surface area (Å²) in [5, 5.41) is 7.76. The second-order valence-corrected chi connectivity index (χ2v) is 5.94. The van der Waals surface area contributed by atoms with E-state index in [9.17, 15) is 0 Å². The van der Waals surface area contributed by atoms with Gasteiger partial charge in [-0.15, -0.1) is 35.3 Å². The molecule has 21 heavy (non-hydrogen) atoms. The first-order valence-corrected chi connectivity index (χ1v) is 7.85. The van der Waals surface area contributed by atoms with Crippen molar-refractivity contribution >= 4 is 41.3 Å². The molecule has 0 aliphatic carbocycles. The molecule has 0 spiro atoms. The van der Waals surface area contributed by atoms with Crippen molar-refractivity contribution in [2.75, 3.05) is 27.3 Å². The molecule has 0 radical (unpaired) electrons. The van der Waals surface area contributed by atoms with Gasteiger partial charge in [0.1, 0.15) is 0 Å². The van der Waals surface area contributed by atoms with Crippen molar-refractivity contribution < 1.29 is 4.74 Å². The van der Waals surface area contributed by atoms with Crippen LogP contribution in [0.25, 0.3) is 0 Å². The van der Waals surface area contributed by atoms with Crippen LogP contribution in [0.4, 0.5) is 0 Å². The summed E-state index contributed by atoms with van der Waals surface area (Å²) in [4.78, 5) is 9.92. The summed E-state index contributed by atoms with van der Waals surface area (Å²) >= 11 is 1.73. The number of guanidine groups is 1. The molecule has 0 bridgehead atoms. The summed E-state index contributed by atoms with van der Waals surface area (Å²) in [5.74, 6) is 0.849. The number of ether oxygens (including phenoxy) is 1. The Morgan fingerprint density at radius 3 is 2.57 bits per heavy atom. The molecule has 7 heteroatoms. The maximum absolute atomic E-state index is 5.03. The Labute approximate surface area is 149 Å². The third-order valence-corrected chi connectivity index (χ3v) is 4.03. The van der Waals surface area contributed by atoms with Crippen LogP contribution in [0.5, 0.6) is 0 Å². The second kappa shape index (κ2) is 12.2. The molecule has 1 aromatic rings. The monoisotopic (exact) mass is 426 g/mol. The maximum atomic E-state index is 5.03.